The molecule has 104 valence electrons. The van der Waals surface area contributed by atoms with Crippen LogP contribution in [-0.4, -0.2) is 54.3 Å². The minimum atomic E-state index is 0.262. The Morgan fingerprint density at radius 3 is 2.74 bits per heavy atom. The van der Waals surface area contributed by atoms with Gasteiger partial charge >= 0.3 is 0 Å². The van der Waals surface area contributed by atoms with Crippen LogP contribution in [0.3, 0.4) is 0 Å². The van der Waals surface area contributed by atoms with Crippen molar-refractivity contribution in [3.05, 3.63) is 5.28 Å². The normalized spacial score (nSPS) is 23.1. The number of nitrogens with zero attached hydrogens (tertiary/aromatic N) is 5. The van der Waals surface area contributed by atoms with Crippen LogP contribution in [0.25, 0.3) is 0 Å². The molecule has 3 heterocycles. The van der Waals surface area contributed by atoms with Crippen molar-refractivity contribution < 1.29 is 4.74 Å². The van der Waals surface area contributed by atoms with Crippen molar-refractivity contribution in [2.45, 2.75) is 25.3 Å². The highest BCUT2D eigenvalue weighted by Crippen LogP contribution is 2.22. The predicted molar refractivity (Wildman–Crippen MR) is 73.9 cm³/mol. The number of rotatable bonds is 3. The zero-order valence-electron chi connectivity index (χ0n) is 11.0. The lowest BCUT2D eigenvalue weighted by Crippen LogP contribution is -2.34. The van der Waals surface area contributed by atoms with Crippen LogP contribution in [0.2, 0.25) is 5.28 Å². The monoisotopic (exact) mass is 283 g/mol. The molecule has 1 aromatic rings. The summed E-state index contributed by atoms with van der Waals surface area (Å²) in [6.07, 6.45) is 3.37. The van der Waals surface area contributed by atoms with Gasteiger partial charge in [0.25, 0.3) is 0 Å². The Balaban J connectivity index is 1.83. The Morgan fingerprint density at radius 2 is 2.05 bits per heavy atom. The van der Waals surface area contributed by atoms with Crippen LogP contribution in [0, 0.1) is 0 Å². The molecule has 6 nitrogen and oxygen atoms in total. The second kappa shape index (κ2) is 5.46. The number of hydrogen-bond acceptors (Lipinski definition) is 6. The quantitative estimate of drug-likeness (QED) is 0.835. The van der Waals surface area contributed by atoms with Crippen molar-refractivity contribution in [2.24, 2.45) is 0 Å². The fraction of sp³-hybridized carbons (Fsp3) is 0.750. The maximum absolute atomic E-state index is 6.03. The summed E-state index contributed by atoms with van der Waals surface area (Å²) in [5.41, 5.74) is 0. The van der Waals surface area contributed by atoms with Crippen LogP contribution < -0.4 is 9.80 Å². The van der Waals surface area contributed by atoms with Gasteiger partial charge in [-0.1, -0.05) is 0 Å². The topological polar surface area (TPSA) is 54.4 Å². The minimum Gasteiger partial charge on any atom is -0.379 e. The van der Waals surface area contributed by atoms with Gasteiger partial charge in [0.15, 0.2) is 0 Å². The molecule has 7 heteroatoms. The molecule has 3 rings (SSSR count). The Labute approximate surface area is 117 Å². The first kappa shape index (κ1) is 12.9. The highest BCUT2D eigenvalue weighted by Gasteiger charge is 2.24. The molecular weight excluding hydrogens is 266 g/mol. The third kappa shape index (κ3) is 2.74. The molecule has 0 saturated carbocycles. The zero-order valence-corrected chi connectivity index (χ0v) is 11.8. The van der Waals surface area contributed by atoms with Crippen LogP contribution in [0.15, 0.2) is 0 Å². The van der Waals surface area contributed by atoms with Crippen LogP contribution >= 0.6 is 11.6 Å². The maximum atomic E-state index is 6.03. The Bertz CT molecular complexity index is 446. The molecule has 19 heavy (non-hydrogen) atoms. The molecule has 0 N–H and O–H groups in total. The molecule has 2 fully saturated rings. The molecule has 1 aromatic heterocycles. The van der Waals surface area contributed by atoms with E-state index in [0.29, 0.717) is 17.9 Å². The van der Waals surface area contributed by atoms with Crippen molar-refractivity contribution in [1.82, 2.24) is 15.0 Å². The summed E-state index contributed by atoms with van der Waals surface area (Å²) in [4.78, 5) is 17.2. The summed E-state index contributed by atoms with van der Waals surface area (Å²) in [5.74, 6) is 1.33. The van der Waals surface area contributed by atoms with Gasteiger partial charge in [0.2, 0.25) is 17.2 Å². The fourth-order valence-electron chi connectivity index (χ4n) is 2.54. The van der Waals surface area contributed by atoms with Gasteiger partial charge in [-0.25, -0.2) is 0 Å². The molecule has 1 unspecified atom stereocenters. The van der Waals surface area contributed by atoms with Gasteiger partial charge in [-0.15, -0.1) is 0 Å². The van der Waals surface area contributed by atoms with Crippen molar-refractivity contribution in [1.29, 1.82) is 0 Å². The Morgan fingerprint density at radius 1 is 1.26 bits per heavy atom. The number of hydrogen-bond donors (Lipinski definition) is 0. The highest BCUT2D eigenvalue weighted by molar-refractivity contribution is 6.28. The number of ether oxygens (including phenoxy) is 1. The van der Waals surface area contributed by atoms with Gasteiger partial charge < -0.3 is 14.5 Å². The van der Waals surface area contributed by atoms with Gasteiger partial charge in [0.1, 0.15) is 0 Å². The average Bonchev–Trinajstić information content (AvgIpc) is 3.10. The Hall–Kier alpha value is -1.14. The number of halogens is 1. The van der Waals surface area contributed by atoms with Gasteiger partial charge in [-0.2, -0.15) is 15.0 Å². The van der Waals surface area contributed by atoms with E-state index >= 15 is 0 Å². The first-order valence-corrected chi connectivity index (χ1v) is 7.09. The van der Waals surface area contributed by atoms with E-state index in [4.69, 9.17) is 16.3 Å². The zero-order chi connectivity index (χ0) is 13.2. The first-order valence-electron chi connectivity index (χ1n) is 6.71. The molecule has 0 bridgehead atoms. The van der Waals surface area contributed by atoms with Gasteiger partial charge in [0.05, 0.1) is 12.6 Å². The molecule has 0 aliphatic carbocycles. The predicted octanol–water partition coefficient (Wildman–Crippen LogP) is 1.35. The van der Waals surface area contributed by atoms with E-state index in [1.54, 1.807) is 0 Å². The van der Waals surface area contributed by atoms with E-state index in [9.17, 15) is 0 Å². The largest absolute Gasteiger partial charge is 0.379 e. The van der Waals surface area contributed by atoms with Crippen LogP contribution in [0.5, 0.6) is 0 Å². The fourth-order valence-corrected chi connectivity index (χ4v) is 2.69. The lowest BCUT2D eigenvalue weighted by Gasteiger charge is -2.24. The van der Waals surface area contributed by atoms with Crippen LogP contribution in [0.4, 0.5) is 11.9 Å². The number of anilines is 2. The van der Waals surface area contributed by atoms with E-state index in [0.717, 1.165) is 32.7 Å². The van der Waals surface area contributed by atoms with E-state index in [-0.39, 0.29) is 5.28 Å². The third-order valence-electron chi connectivity index (χ3n) is 3.74. The van der Waals surface area contributed by atoms with Crippen LogP contribution in [-0.2, 0) is 4.74 Å². The smallest absolute Gasteiger partial charge is 0.231 e. The van der Waals surface area contributed by atoms with E-state index in [1.165, 1.54) is 12.8 Å². The lowest BCUT2D eigenvalue weighted by atomic mass is 10.2. The summed E-state index contributed by atoms with van der Waals surface area (Å²) >= 11 is 6.03. The molecule has 2 aliphatic heterocycles. The van der Waals surface area contributed by atoms with Crippen molar-refractivity contribution in [2.75, 3.05) is 43.2 Å². The number of likely N-dealkylation sites (N-methyl/N-ethyl adjacent to an activating group) is 1. The van der Waals surface area contributed by atoms with Crippen molar-refractivity contribution >= 4 is 23.5 Å². The second-order valence-electron chi connectivity index (χ2n) is 5.03. The average molecular weight is 284 g/mol. The summed E-state index contributed by atoms with van der Waals surface area (Å²) in [5, 5.41) is 0.262. The van der Waals surface area contributed by atoms with Gasteiger partial charge in [-0.05, 0) is 30.9 Å². The third-order valence-corrected chi connectivity index (χ3v) is 3.91. The maximum Gasteiger partial charge on any atom is 0.231 e. The molecule has 1 atom stereocenters. The van der Waals surface area contributed by atoms with Crippen molar-refractivity contribution in [3.63, 3.8) is 0 Å². The highest BCUT2D eigenvalue weighted by atomic mass is 35.5. The molecule has 0 amide bonds. The SMILES string of the molecule is CN(c1nc(Cl)nc(N2CCCC2)n1)C1CCOC1. The molecule has 2 saturated heterocycles. The molecule has 0 aromatic carbocycles. The molecule has 0 radical (unpaired) electrons. The first-order chi connectivity index (χ1) is 9.24. The molecule has 2 aliphatic rings. The second-order valence-corrected chi connectivity index (χ2v) is 5.36. The summed E-state index contributed by atoms with van der Waals surface area (Å²) in [6, 6.07) is 0.324. The lowest BCUT2D eigenvalue weighted by molar-refractivity contribution is 0.193. The van der Waals surface area contributed by atoms with Crippen LogP contribution in [0.1, 0.15) is 19.3 Å². The van der Waals surface area contributed by atoms with Crippen molar-refractivity contribution in [3.8, 4) is 0 Å². The van der Waals surface area contributed by atoms with E-state index in [2.05, 4.69) is 19.9 Å². The standard InChI is InChI=1S/C12H18ClN5O/c1-17(9-4-7-19-8-9)11-14-10(13)15-12(16-11)18-5-2-3-6-18/h9H,2-8H2,1H3. The van der Waals surface area contributed by atoms with E-state index in [1.807, 2.05) is 11.9 Å². The summed E-state index contributed by atoms with van der Waals surface area (Å²) in [6.45, 7) is 3.51. The van der Waals surface area contributed by atoms with E-state index < -0.39 is 0 Å². The minimum absolute atomic E-state index is 0.262. The van der Waals surface area contributed by atoms with Gasteiger partial charge in [0, 0.05) is 26.7 Å². The summed E-state index contributed by atoms with van der Waals surface area (Å²) < 4.78 is 5.40. The van der Waals surface area contributed by atoms with Gasteiger partial charge in [-0.3, -0.25) is 0 Å². The molecular formula is C12H18ClN5O. The molecule has 0 spiro atoms. The number of aromatic nitrogens is 3. The summed E-state index contributed by atoms with van der Waals surface area (Å²) in [7, 11) is 1.98. The Kier molecular flexibility index (Phi) is 3.70.